The van der Waals surface area contributed by atoms with Crippen molar-refractivity contribution in [1.82, 2.24) is 10.5 Å². The van der Waals surface area contributed by atoms with Crippen LogP contribution in [-0.4, -0.2) is 49.0 Å². The fourth-order valence-corrected chi connectivity index (χ4v) is 2.81. The molecule has 1 fully saturated rings. The number of aromatic nitrogens is 1. The second kappa shape index (κ2) is 6.48. The molecule has 1 atom stereocenters. The quantitative estimate of drug-likeness (QED) is 0.883. The molecule has 8 heteroatoms. The molecule has 1 aliphatic rings. The van der Waals surface area contributed by atoms with Crippen molar-refractivity contribution in [3.63, 3.8) is 0 Å². The summed E-state index contributed by atoms with van der Waals surface area (Å²) < 4.78 is 23.8. The number of aromatic carboxylic acids is 1. The van der Waals surface area contributed by atoms with Crippen LogP contribution >= 0.6 is 0 Å². The van der Waals surface area contributed by atoms with Crippen LogP contribution in [0, 0.1) is 5.82 Å². The third-order valence-corrected chi connectivity index (χ3v) is 3.97. The van der Waals surface area contributed by atoms with Gasteiger partial charge in [0.25, 0.3) is 0 Å². The zero-order chi connectivity index (χ0) is 17.3. The minimum atomic E-state index is -1.14. The van der Waals surface area contributed by atoms with Gasteiger partial charge in [0.15, 0.2) is 28.7 Å². The Balaban J connectivity index is 2.05. The van der Waals surface area contributed by atoms with E-state index in [9.17, 15) is 14.3 Å². The molecule has 0 amide bonds. The van der Waals surface area contributed by atoms with Gasteiger partial charge in [-0.2, -0.15) is 0 Å². The summed E-state index contributed by atoms with van der Waals surface area (Å²) in [5.74, 6) is -1.29. The first-order chi connectivity index (χ1) is 11.5. The van der Waals surface area contributed by atoms with E-state index in [-0.39, 0.29) is 28.9 Å². The number of carboxylic acid groups (broad SMARTS) is 1. The fourth-order valence-electron chi connectivity index (χ4n) is 2.81. The maximum Gasteiger partial charge on any atom is 0.343 e. The van der Waals surface area contributed by atoms with Crippen LogP contribution in [0.2, 0.25) is 0 Å². The molecule has 0 radical (unpaired) electrons. The lowest BCUT2D eigenvalue weighted by Gasteiger charge is -2.31. The van der Waals surface area contributed by atoms with Gasteiger partial charge in [-0.25, -0.2) is 9.18 Å². The Morgan fingerprint density at radius 3 is 3.00 bits per heavy atom. The third kappa shape index (κ3) is 2.92. The molecule has 0 bridgehead atoms. The van der Waals surface area contributed by atoms with E-state index < -0.39 is 11.8 Å². The van der Waals surface area contributed by atoms with Gasteiger partial charge in [-0.3, -0.25) is 0 Å². The molecule has 7 nitrogen and oxygen atoms in total. The molecule has 3 rings (SSSR count). The van der Waals surface area contributed by atoms with E-state index in [2.05, 4.69) is 10.5 Å². The Labute approximate surface area is 138 Å². The second-order valence-electron chi connectivity index (χ2n) is 5.67. The molecule has 1 aromatic carbocycles. The minimum Gasteiger partial charge on any atom is -0.494 e. The van der Waals surface area contributed by atoms with Crippen LogP contribution in [0.15, 0.2) is 22.7 Å². The molecular weight excluding hydrogens is 317 g/mol. The molecule has 2 N–H and O–H groups in total. The number of anilines is 1. The molecule has 0 unspecified atom stereocenters. The largest absolute Gasteiger partial charge is 0.494 e. The first-order valence-corrected chi connectivity index (χ1v) is 7.56. The van der Waals surface area contributed by atoms with Crippen LogP contribution < -0.4 is 15.0 Å². The van der Waals surface area contributed by atoms with Crippen molar-refractivity contribution in [1.29, 1.82) is 0 Å². The molecule has 1 aliphatic heterocycles. The summed E-state index contributed by atoms with van der Waals surface area (Å²) in [7, 11) is 1.34. The predicted molar refractivity (Wildman–Crippen MR) is 85.1 cm³/mol. The van der Waals surface area contributed by atoms with E-state index in [1.807, 2.05) is 11.8 Å². The summed E-state index contributed by atoms with van der Waals surface area (Å²) in [5, 5.41) is 16.9. The average Bonchev–Trinajstić information content (AvgIpc) is 3.00. The summed E-state index contributed by atoms with van der Waals surface area (Å²) in [6, 6.07) is 4.25. The van der Waals surface area contributed by atoms with E-state index in [1.54, 1.807) is 0 Å². The highest BCUT2D eigenvalue weighted by atomic mass is 19.1. The number of rotatable bonds is 4. The van der Waals surface area contributed by atoms with Gasteiger partial charge in [-0.15, -0.1) is 0 Å². The van der Waals surface area contributed by atoms with Crippen LogP contribution in [0.1, 0.15) is 17.3 Å². The maximum absolute atomic E-state index is 13.6. The summed E-state index contributed by atoms with van der Waals surface area (Å²) in [5.41, 5.74) is 0.366. The minimum absolute atomic E-state index is 0.0117. The van der Waals surface area contributed by atoms with Crippen molar-refractivity contribution in [3.05, 3.63) is 29.6 Å². The molecule has 0 spiro atoms. The molecule has 0 saturated carbocycles. The summed E-state index contributed by atoms with van der Waals surface area (Å²) in [4.78, 5) is 13.6. The topological polar surface area (TPSA) is 87.8 Å². The van der Waals surface area contributed by atoms with Gasteiger partial charge < -0.3 is 24.6 Å². The standard InChI is InChI=1S/C16H18FN3O4/c1-9-8-20(6-5-18-9)15-13(16(21)22)14(24-19-15)10-3-4-11(17)12(7-10)23-2/h3-4,7,9,18H,5-6,8H2,1-2H3,(H,21,22)/t9-/m1/s1. The number of nitrogens with zero attached hydrogens (tertiary/aromatic N) is 2. The first kappa shape index (κ1) is 16.3. The molecule has 1 aromatic heterocycles. The second-order valence-corrected chi connectivity index (χ2v) is 5.67. The lowest BCUT2D eigenvalue weighted by molar-refractivity contribution is 0.0697. The van der Waals surface area contributed by atoms with Gasteiger partial charge >= 0.3 is 5.97 Å². The molecular formula is C16H18FN3O4. The highest BCUT2D eigenvalue weighted by Crippen LogP contribution is 2.34. The molecule has 1 saturated heterocycles. The van der Waals surface area contributed by atoms with E-state index >= 15 is 0 Å². The van der Waals surface area contributed by atoms with E-state index in [0.717, 1.165) is 6.54 Å². The normalized spacial score (nSPS) is 17.8. The van der Waals surface area contributed by atoms with Crippen molar-refractivity contribution >= 4 is 11.8 Å². The Hall–Kier alpha value is -2.61. The third-order valence-electron chi connectivity index (χ3n) is 3.97. The Morgan fingerprint density at radius 2 is 2.33 bits per heavy atom. The van der Waals surface area contributed by atoms with Gasteiger partial charge in [0.1, 0.15) is 0 Å². The highest BCUT2D eigenvalue weighted by Gasteiger charge is 2.29. The lowest BCUT2D eigenvalue weighted by Crippen LogP contribution is -2.49. The smallest absolute Gasteiger partial charge is 0.343 e. The number of carboxylic acids is 1. The van der Waals surface area contributed by atoms with Gasteiger partial charge in [-0.05, 0) is 25.1 Å². The Bertz CT molecular complexity index is 762. The monoisotopic (exact) mass is 335 g/mol. The number of ether oxygens (including phenoxy) is 1. The number of benzene rings is 1. The first-order valence-electron chi connectivity index (χ1n) is 7.56. The average molecular weight is 335 g/mol. The summed E-state index contributed by atoms with van der Waals surface area (Å²) in [6.07, 6.45) is 0. The van der Waals surface area contributed by atoms with Gasteiger partial charge in [0.05, 0.1) is 7.11 Å². The highest BCUT2D eigenvalue weighted by molar-refractivity contribution is 5.99. The molecule has 128 valence electrons. The number of piperazine rings is 1. The maximum atomic E-state index is 13.6. The van der Waals surface area contributed by atoms with E-state index in [4.69, 9.17) is 9.26 Å². The fraction of sp³-hybridized carbons (Fsp3) is 0.375. The van der Waals surface area contributed by atoms with Crippen LogP contribution in [-0.2, 0) is 0 Å². The summed E-state index contributed by atoms with van der Waals surface area (Å²) >= 11 is 0. The van der Waals surface area contributed by atoms with Crippen LogP contribution in [0.3, 0.4) is 0 Å². The Morgan fingerprint density at radius 1 is 1.54 bits per heavy atom. The predicted octanol–water partition coefficient (Wildman–Crippen LogP) is 1.99. The van der Waals surface area contributed by atoms with Crippen LogP contribution in [0.4, 0.5) is 10.2 Å². The van der Waals surface area contributed by atoms with E-state index in [1.165, 1.54) is 25.3 Å². The van der Waals surface area contributed by atoms with Crippen molar-refractivity contribution in [3.8, 4) is 17.1 Å². The number of hydrogen-bond donors (Lipinski definition) is 2. The van der Waals surface area contributed by atoms with Gasteiger partial charge in [0, 0.05) is 31.2 Å². The zero-order valence-electron chi connectivity index (χ0n) is 13.4. The van der Waals surface area contributed by atoms with Crippen LogP contribution in [0.5, 0.6) is 5.75 Å². The van der Waals surface area contributed by atoms with Gasteiger partial charge in [-0.1, -0.05) is 5.16 Å². The van der Waals surface area contributed by atoms with Crippen LogP contribution in [0.25, 0.3) is 11.3 Å². The lowest BCUT2D eigenvalue weighted by atomic mass is 10.1. The SMILES string of the molecule is COc1cc(-c2onc(N3CCN[C@H](C)C3)c2C(=O)O)ccc1F. The molecule has 24 heavy (non-hydrogen) atoms. The Kier molecular flexibility index (Phi) is 4.39. The van der Waals surface area contributed by atoms with Crippen molar-refractivity contribution in [2.24, 2.45) is 0 Å². The number of hydrogen-bond acceptors (Lipinski definition) is 6. The molecule has 2 aromatic rings. The number of carbonyl (C=O) groups is 1. The summed E-state index contributed by atoms with van der Waals surface area (Å²) in [6.45, 7) is 3.99. The molecule has 0 aliphatic carbocycles. The number of nitrogens with one attached hydrogen (secondary N) is 1. The zero-order valence-corrected chi connectivity index (χ0v) is 13.4. The van der Waals surface area contributed by atoms with E-state index in [0.29, 0.717) is 18.7 Å². The van der Waals surface area contributed by atoms with Gasteiger partial charge in [0.2, 0.25) is 0 Å². The molecule has 2 heterocycles. The van der Waals surface area contributed by atoms with Crippen molar-refractivity contribution < 1.29 is 23.6 Å². The van der Waals surface area contributed by atoms with Crippen molar-refractivity contribution in [2.45, 2.75) is 13.0 Å². The van der Waals surface area contributed by atoms with Crippen molar-refractivity contribution in [2.75, 3.05) is 31.6 Å². The number of halogens is 1. The number of methoxy groups -OCH3 is 1.